The minimum absolute atomic E-state index is 0.147. The Bertz CT molecular complexity index is 1540. The van der Waals surface area contributed by atoms with Crippen LogP contribution in [0.4, 0.5) is 5.82 Å². The van der Waals surface area contributed by atoms with Gasteiger partial charge in [-0.1, -0.05) is 41.9 Å². The maximum absolute atomic E-state index is 13.5. The van der Waals surface area contributed by atoms with E-state index in [0.717, 1.165) is 16.7 Å². The van der Waals surface area contributed by atoms with Gasteiger partial charge in [0.2, 0.25) is 0 Å². The number of carbonyl (C=O) groups excluding carboxylic acids is 1. The molecule has 2 aromatic carbocycles. The number of fused-ring (bicyclic) bond motifs is 1. The number of anilines is 1. The van der Waals surface area contributed by atoms with E-state index in [4.69, 9.17) is 16.6 Å². The van der Waals surface area contributed by atoms with Crippen LogP contribution in [0.3, 0.4) is 0 Å². The molecule has 1 N–H and O–H groups in total. The van der Waals surface area contributed by atoms with E-state index in [9.17, 15) is 14.7 Å². The molecule has 0 saturated carbocycles. The highest BCUT2D eigenvalue weighted by Crippen LogP contribution is 2.36. The van der Waals surface area contributed by atoms with Gasteiger partial charge in [0.05, 0.1) is 12.0 Å². The van der Waals surface area contributed by atoms with E-state index >= 15 is 0 Å². The summed E-state index contributed by atoms with van der Waals surface area (Å²) in [7, 11) is 0. The van der Waals surface area contributed by atoms with Gasteiger partial charge in [-0.3, -0.25) is 14.5 Å². The van der Waals surface area contributed by atoms with Crippen LogP contribution >= 0.6 is 11.6 Å². The van der Waals surface area contributed by atoms with Crippen LogP contribution in [0.5, 0.6) is 0 Å². The lowest BCUT2D eigenvalue weighted by atomic mass is 9.84. The van der Waals surface area contributed by atoms with Crippen molar-refractivity contribution in [2.24, 2.45) is 0 Å². The predicted molar refractivity (Wildman–Crippen MR) is 142 cm³/mol. The molecule has 0 bridgehead atoms. The minimum atomic E-state index is -1.07. The van der Waals surface area contributed by atoms with Crippen LogP contribution < -0.4 is 4.90 Å². The van der Waals surface area contributed by atoms with Crippen LogP contribution in [0.15, 0.2) is 60.9 Å². The van der Waals surface area contributed by atoms with Gasteiger partial charge in [-0.05, 0) is 68.7 Å². The highest BCUT2D eigenvalue weighted by atomic mass is 35.5. The number of hydrogen-bond donors (Lipinski definition) is 1. The Hall–Kier alpha value is -4.04. The molecule has 0 saturated heterocycles. The van der Waals surface area contributed by atoms with E-state index in [-0.39, 0.29) is 11.9 Å². The maximum atomic E-state index is 13.5. The number of carboxylic acids is 1. The fraction of sp³-hybridized carbons (Fsp3) is 0.250. The van der Waals surface area contributed by atoms with Crippen molar-refractivity contribution >= 4 is 29.3 Å². The summed E-state index contributed by atoms with van der Waals surface area (Å²) in [5.74, 6) is 0.109. The monoisotopic (exact) mass is 515 g/mol. The molecule has 1 aliphatic heterocycles. The van der Waals surface area contributed by atoms with Crippen LogP contribution in [0, 0.1) is 0 Å². The first-order chi connectivity index (χ1) is 17.6. The van der Waals surface area contributed by atoms with Crippen LogP contribution in [0.1, 0.15) is 55.2 Å². The number of aliphatic carboxylic acids is 1. The molecule has 0 aliphatic carbocycles. The predicted octanol–water partition coefficient (Wildman–Crippen LogP) is 5.76. The zero-order valence-corrected chi connectivity index (χ0v) is 21.7. The second-order valence-corrected chi connectivity index (χ2v) is 10.3. The van der Waals surface area contributed by atoms with Crippen LogP contribution in [-0.2, 0) is 16.8 Å². The Morgan fingerprint density at radius 2 is 1.86 bits per heavy atom. The van der Waals surface area contributed by atoms with Gasteiger partial charge in [-0.2, -0.15) is 0 Å². The van der Waals surface area contributed by atoms with E-state index < -0.39 is 11.4 Å². The van der Waals surface area contributed by atoms with Crippen LogP contribution in [0.25, 0.3) is 22.6 Å². The van der Waals surface area contributed by atoms with E-state index in [1.165, 1.54) is 0 Å². The zero-order chi connectivity index (χ0) is 26.5. The number of rotatable bonds is 6. The molecule has 37 heavy (non-hydrogen) atoms. The molecule has 0 radical (unpaired) electrons. The van der Waals surface area contributed by atoms with Crippen molar-refractivity contribution in [3.8, 4) is 22.6 Å². The van der Waals surface area contributed by atoms with E-state index in [0.29, 0.717) is 40.0 Å². The van der Waals surface area contributed by atoms with Crippen molar-refractivity contribution in [3.05, 3.63) is 82.6 Å². The number of carbonyl (C=O) groups is 2. The molecule has 0 spiro atoms. The fourth-order valence-electron chi connectivity index (χ4n) is 4.42. The Balaban J connectivity index is 1.45. The van der Waals surface area contributed by atoms with Gasteiger partial charge < -0.3 is 9.67 Å². The SMILES string of the molecule is CC(C)n1cnnc1-c1cccc(N2Cc3ccc(-c4ccc(C(C)(C)C(=O)O)cc4Cl)cc3C2=O)n1. The normalized spacial score (nSPS) is 13.4. The van der Waals surface area contributed by atoms with E-state index in [1.54, 1.807) is 43.3 Å². The lowest BCUT2D eigenvalue weighted by molar-refractivity contribution is -0.142. The van der Waals surface area contributed by atoms with Crippen molar-refractivity contribution in [2.45, 2.75) is 45.7 Å². The summed E-state index contributed by atoms with van der Waals surface area (Å²) >= 11 is 6.58. The lowest BCUT2D eigenvalue weighted by Gasteiger charge is -2.20. The third kappa shape index (κ3) is 4.27. The van der Waals surface area contributed by atoms with Crippen molar-refractivity contribution in [1.29, 1.82) is 0 Å². The summed E-state index contributed by atoms with van der Waals surface area (Å²) < 4.78 is 1.94. The quantitative estimate of drug-likeness (QED) is 0.350. The molecule has 5 rings (SSSR count). The summed E-state index contributed by atoms with van der Waals surface area (Å²) in [6.45, 7) is 7.77. The van der Waals surface area contributed by atoms with Crippen molar-refractivity contribution in [2.75, 3.05) is 4.90 Å². The van der Waals surface area contributed by atoms with Gasteiger partial charge in [-0.15, -0.1) is 10.2 Å². The first-order valence-corrected chi connectivity index (χ1v) is 12.3. The van der Waals surface area contributed by atoms with Crippen molar-refractivity contribution in [3.63, 3.8) is 0 Å². The smallest absolute Gasteiger partial charge is 0.313 e. The molecule has 1 amide bonds. The Labute approximate surface area is 219 Å². The van der Waals surface area contributed by atoms with Crippen molar-refractivity contribution < 1.29 is 14.7 Å². The molecule has 0 unspecified atom stereocenters. The summed E-state index contributed by atoms with van der Waals surface area (Å²) in [5.41, 5.74) is 3.17. The van der Waals surface area contributed by atoms with E-state index in [2.05, 4.69) is 10.2 Å². The Morgan fingerprint density at radius 1 is 1.08 bits per heavy atom. The maximum Gasteiger partial charge on any atom is 0.313 e. The molecular formula is C28H26ClN5O3. The molecule has 1 aliphatic rings. The number of hydrogen-bond acceptors (Lipinski definition) is 5. The lowest BCUT2D eigenvalue weighted by Crippen LogP contribution is -2.28. The number of aromatic nitrogens is 4. The molecular weight excluding hydrogens is 490 g/mol. The molecule has 2 aromatic heterocycles. The number of halogens is 1. The summed E-state index contributed by atoms with van der Waals surface area (Å²) in [5, 5.41) is 18.2. The number of nitrogens with zero attached hydrogens (tertiary/aromatic N) is 5. The first kappa shape index (κ1) is 24.6. The largest absolute Gasteiger partial charge is 0.481 e. The number of carboxylic acid groups (broad SMARTS) is 1. The molecule has 0 fully saturated rings. The Morgan fingerprint density at radius 3 is 2.57 bits per heavy atom. The fourth-order valence-corrected chi connectivity index (χ4v) is 4.71. The van der Waals surface area contributed by atoms with Gasteiger partial charge in [0, 0.05) is 22.2 Å². The summed E-state index contributed by atoms with van der Waals surface area (Å²) in [6.07, 6.45) is 1.67. The van der Waals surface area contributed by atoms with Gasteiger partial charge in [-0.25, -0.2) is 4.98 Å². The van der Waals surface area contributed by atoms with Gasteiger partial charge in [0.15, 0.2) is 5.82 Å². The van der Waals surface area contributed by atoms with Gasteiger partial charge in [0.25, 0.3) is 5.91 Å². The molecule has 0 atom stereocenters. The second-order valence-electron chi connectivity index (χ2n) is 9.92. The summed E-state index contributed by atoms with van der Waals surface area (Å²) in [6, 6.07) is 16.6. The standard InChI is InChI=1S/C28H26ClN5O3/c1-16(2)34-15-30-32-25(34)23-6-5-7-24(31-23)33-14-18-9-8-17(12-21(18)26(33)35)20-11-10-19(13-22(20)29)28(3,4)27(36)37/h5-13,15-16H,14H2,1-4H3,(H,36,37). The average Bonchev–Trinajstić information content (AvgIpc) is 3.49. The summed E-state index contributed by atoms with van der Waals surface area (Å²) in [4.78, 5) is 31.5. The number of benzene rings is 2. The molecule has 3 heterocycles. The van der Waals surface area contributed by atoms with Crippen molar-refractivity contribution in [1.82, 2.24) is 19.7 Å². The minimum Gasteiger partial charge on any atom is -0.481 e. The Kier molecular flexibility index (Phi) is 6.07. The topological polar surface area (TPSA) is 101 Å². The van der Waals surface area contributed by atoms with Gasteiger partial charge >= 0.3 is 5.97 Å². The number of pyridine rings is 1. The highest BCUT2D eigenvalue weighted by Gasteiger charge is 2.32. The highest BCUT2D eigenvalue weighted by molar-refractivity contribution is 6.33. The van der Waals surface area contributed by atoms with Crippen LogP contribution in [-0.4, -0.2) is 36.7 Å². The van der Waals surface area contributed by atoms with Gasteiger partial charge in [0.1, 0.15) is 17.8 Å². The molecule has 188 valence electrons. The average molecular weight is 516 g/mol. The third-order valence-corrected chi connectivity index (χ3v) is 7.13. The van der Waals surface area contributed by atoms with Crippen LogP contribution in [0.2, 0.25) is 5.02 Å². The third-order valence-electron chi connectivity index (χ3n) is 6.82. The zero-order valence-electron chi connectivity index (χ0n) is 20.9. The molecule has 9 heteroatoms. The van der Waals surface area contributed by atoms with E-state index in [1.807, 2.05) is 54.8 Å². The second kappa shape index (κ2) is 9.12. The number of amides is 1. The molecule has 8 nitrogen and oxygen atoms in total. The molecule has 4 aromatic rings. The first-order valence-electron chi connectivity index (χ1n) is 11.9.